The Kier molecular flexibility index (Phi) is 1.87. The first-order chi connectivity index (χ1) is 6.20. The van der Waals surface area contributed by atoms with Gasteiger partial charge in [-0.1, -0.05) is 13.8 Å². The van der Waals surface area contributed by atoms with Crippen molar-refractivity contribution in [3.63, 3.8) is 0 Å². The molecule has 2 unspecified atom stereocenters. The highest BCUT2D eigenvalue weighted by Crippen LogP contribution is 2.34. The first-order valence-corrected chi connectivity index (χ1v) is 4.56. The normalized spacial score (nSPS) is 25.8. The summed E-state index contributed by atoms with van der Waals surface area (Å²) in [5.74, 6) is 1.81. The molecule has 0 radical (unpaired) electrons. The first kappa shape index (κ1) is 8.35. The molecule has 0 saturated heterocycles. The summed E-state index contributed by atoms with van der Waals surface area (Å²) >= 11 is 0. The monoisotopic (exact) mass is 175 g/mol. The second-order valence-electron chi connectivity index (χ2n) is 3.62. The maximum atomic E-state index is 4.31. The van der Waals surface area contributed by atoms with Gasteiger partial charge in [0.2, 0.25) is 0 Å². The Balaban J connectivity index is 2.60. The summed E-state index contributed by atoms with van der Waals surface area (Å²) in [5, 5.41) is 0. The molecule has 0 N–H and O–H groups in total. The lowest BCUT2D eigenvalue weighted by atomic mass is 9.87. The smallest absolute Gasteiger partial charge is 0.158 e. The van der Waals surface area contributed by atoms with Crippen LogP contribution in [0.5, 0.6) is 0 Å². The summed E-state index contributed by atoms with van der Waals surface area (Å²) in [5.41, 5.74) is 2.26. The number of nitrogens with zero attached hydrogens (tertiary/aromatic N) is 3. The van der Waals surface area contributed by atoms with Gasteiger partial charge in [-0.15, -0.1) is 0 Å². The molecule has 68 valence electrons. The van der Waals surface area contributed by atoms with Crippen LogP contribution < -0.4 is 0 Å². The van der Waals surface area contributed by atoms with Crippen LogP contribution in [0.4, 0.5) is 5.82 Å². The van der Waals surface area contributed by atoms with Crippen molar-refractivity contribution < 1.29 is 0 Å². The lowest BCUT2D eigenvalue weighted by Crippen LogP contribution is -2.14. The quantitative estimate of drug-likeness (QED) is 0.606. The molecule has 1 aliphatic heterocycles. The largest absolute Gasteiger partial charge is 0.241 e. The van der Waals surface area contributed by atoms with Crippen molar-refractivity contribution in [2.45, 2.75) is 26.7 Å². The summed E-state index contributed by atoms with van der Waals surface area (Å²) in [6.45, 7) is 6.39. The Morgan fingerprint density at radius 3 is 2.77 bits per heavy atom. The highest BCUT2D eigenvalue weighted by Gasteiger charge is 2.22. The lowest BCUT2D eigenvalue weighted by Gasteiger charge is -2.22. The maximum absolute atomic E-state index is 4.31. The molecule has 1 aromatic heterocycles. The fourth-order valence-electron chi connectivity index (χ4n) is 1.69. The minimum absolute atomic E-state index is 0.480. The highest BCUT2D eigenvalue weighted by atomic mass is 15.0. The van der Waals surface area contributed by atoms with E-state index in [0.717, 1.165) is 11.5 Å². The van der Waals surface area contributed by atoms with Crippen LogP contribution in [-0.4, -0.2) is 16.2 Å². The summed E-state index contributed by atoms with van der Waals surface area (Å²) in [6.07, 6.45) is 3.55. The zero-order valence-electron chi connectivity index (χ0n) is 8.15. The van der Waals surface area contributed by atoms with E-state index in [0.29, 0.717) is 11.8 Å². The van der Waals surface area contributed by atoms with Crippen molar-refractivity contribution in [2.24, 2.45) is 10.9 Å². The van der Waals surface area contributed by atoms with Crippen molar-refractivity contribution in [3.05, 3.63) is 17.6 Å². The van der Waals surface area contributed by atoms with E-state index in [1.807, 2.05) is 13.1 Å². The van der Waals surface area contributed by atoms with Gasteiger partial charge in [-0.3, -0.25) is 0 Å². The van der Waals surface area contributed by atoms with E-state index in [2.05, 4.69) is 28.8 Å². The standard InChI is InChI=1S/C10H13N3/c1-6-4-11-10-9(7(6)2)8(3)12-5-13-10/h4-7H,1-3H3. The minimum Gasteiger partial charge on any atom is -0.241 e. The summed E-state index contributed by atoms with van der Waals surface area (Å²) < 4.78 is 0. The molecular weight excluding hydrogens is 162 g/mol. The fourth-order valence-corrected chi connectivity index (χ4v) is 1.69. The van der Waals surface area contributed by atoms with E-state index in [1.54, 1.807) is 6.33 Å². The number of rotatable bonds is 0. The van der Waals surface area contributed by atoms with E-state index in [1.165, 1.54) is 5.56 Å². The zero-order chi connectivity index (χ0) is 9.42. The van der Waals surface area contributed by atoms with Gasteiger partial charge in [-0.05, 0) is 18.8 Å². The topological polar surface area (TPSA) is 38.1 Å². The van der Waals surface area contributed by atoms with Crippen molar-refractivity contribution >= 4 is 12.0 Å². The molecule has 13 heavy (non-hydrogen) atoms. The second kappa shape index (κ2) is 2.91. The number of aryl methyl sites for hydroxylation is 1. The predicted molar refractivity (Wildman–Crippen MR) is 52.5 cm³/mol. The van der Waals surface area contributed by atoms with Crippen molar-refractivity contribution in [1.29, 1.82) is 0 Å². The number of aromatic nitrogens is 2. The van der Waals surface area contributed by atoms with Crippen LogP contribution in [0.3, 0.4) is 0 Å². The van der Waals surface area contributed by atoms with E-state index >= 15 is 0 Å². The fraction of sp³-hybridized carbons (Fsp3) is 0.500. The second-order valence-corrected chi connectivity index (χ2v) is 3.62. The van der Waals surface area contributed by atoms with Gasteiger partial charge in [0.25, 0.3) is 0 Å². The van der Waals surface area contributed by atoms with E-state index in [4.69, 9.17) is 0 Å². The molecule has 3 nitrogen and oxygen atoms in total. The molecule has 0 aliphatic carbocycles. The molecule has 2 atom stereocenters. The highest BCUT2D eigenvalue weighted by molar-refractivity contribution is 5.70. The Labute approximate surface area is 77.9 Å². The van der Waals surface area contributed by atoms with E-state index in [-0.39, 0.29) is 0 Å². The number of hydrogen-bond acceptors (Lipinski definition) is 3. The maximum Gasteiger partial charge on any atom is 0.158 e. The van der Waals surface area contributed by atoms with E-state index in [9.17, 15) is 0 Å². The summed E-state index contributed by atoms with van der Waals surface area (Å²) in [4.78, 5) is 12.7. The van der Waals surface area contributed by atoms with Crippen LogP contribution in [0.15, 0.2) is 11.3 Å². The van der Waals surface area contributed by atoms with Gasteiger partial charge >= 0.3 is 0 Å². The molecule has 0 saturated carbocycles. The number of aliphatic imine (C=N–C) groups is 1. The Hall–Kier alpha value is -1.25. The Bertz CT molecular complexity index is 357. The Morgan fingerprint density at radius 2 is 2.00 bits per heavy atom. The summed E-state index contributed by atoms with van der Waals surface area (Å²) in [6, 6.07) is 0. The van der Waals surface area contributed by atoms with E-state index < -0.39 is 0 Å². The molecule has 0 fully saturated rings. The van der Waals surface area contributed by atoms with Crippen LogP contribution in [-0.2, 0) is 0 Å². The molecule has 0 bridgehead atoms. The minimum atomic E-state index is 0.480. The lowest BCUT2D eigenvalue weighted by molar-refractivity contribution is 0.615. The third-order valence-corrected chi connectivity index (χ3v) is 2.74. The van der Waals surface area contributed by atoms with Crippen LogP contribution in [0.1, 0.15) is 31.0 Å². The third-order valence-electron chi connectivity index (χ3n) is 2.74. The molecular formula is C10H13N3. The average Bonchev–Trinajstić information content (AvgIpc) is 2.12. The van der Waals surface area contributed by atoms with Crippen LogP contribution in [0.2, 0.25) is 0 Å². The zero-order valence-corrected chi connectivity index (χ0v) is 8.15. The SMILES string of the molecule is Cc1ncnc2c1C(C)C(C)C=N2. The van der Waals surface area contributed by atoms with Crippen LogP contribution in [0.25, 0.3) is 0 Å². The average molecular weight is 175 g/mol. The molecule has 0 spiro atoms. The van der Waals surface area contributed by atoms with Gasteiger partial charge in [0.1, 0.15) is 6.33 Å². The summed E-state index contributed by atoms with van der Waals surface area (Å²) in [7, 11) is 0. The molecule has 2 heterocycles. The third kappa shape index (κ3) is 1.24. The Morgan fingerprint density at radius 1 is 1.23 bits per heavy atom. The van der Waals surface area contributed by atoms with Crippen LogP contribution in [0, 0.1) is 12.8 Å². The van der Waals surface area contributed by atoms with Gasteiger partial charge in [-0.25, -0.2) is 15.0 Å². The molecule has 1 aromatic rings. The molecule has 0 amide bonds. The molecule has 2 rings (SSSR count). The predicted octanol–water partition coefficient (Wildman–Crippen LogP) is 2.24. The molecule has 1 aliphatic rings. The van der Waals surface area contributed by atoms with Gasteiger partial charge in [0, 0.05) is 17.5 Å². The number of fused-ring (bicyclic) bond motifs is 1. The molecule has 3 heteroatoms. The molecule has 0 aromatic carbocycles. The van der Waals surface area contributed by atoms with Crippen molar-refractivity contribution in [3.8, 4) is 0 Å². The first-order valence-electron chi connectivity index (χ1n) is 4.56. The van der Waals surface area contributed by atoms with Crippen molar-refractivity contribution in [2.75, 3.05) is 0 Å². The van der Waals surface area contributed by atoms with Gasteiger partial charge in [0.15, 0.2) is 5.82 Å². The number of hydrogen-bond donors (Lipinski definition) is 0. The van der Waals surface area contributed by atoms with Gasteiger partial charge in [0.05, 0.1) is 0 Å². The van der Waals surface area contributed by atoms with Crippen molar-refractivity contribution in [1.82, 2.24) is 9.97 Å². The van der Waals surface area contributed by atoms with Gasteiger partial charge < -0.3 is 0 Å². The van der Waals surface area contributed by atoms with Crippen LogP contribution >= 0.6 is 0 Å². The van der Waals surface area contributed by atoms with Gasteiger partial charge in [-0.2, -0.15) is 0 Å².